The van der Waals surface area contributed by atoms with Crippen molar-refractivity contribution in [2.24, 2.45) is 0 Å². The number of benzene rings is 1. The van der Waals surface area contributed by atoms with Gasteiger partial charge in [0.25, 0.3) is 0 Å². The van der Waals surface area contributed by atoms with E-state index < -0.39 is 0 Å². The standard InChI is InChI=1S/C17H22N2S/c1-11-4-6-14(7-5-11)15-8-16(9-15)19-13(3)17-18-10-12(2)20-17/h4-7,10,13,15-16,19H,8-9H2,1-3H3. The van der Waals surface area contributed by atoms with Crippen LogP contribution in [0.1, 0.15) is 52.7 Å². The second-order valence-electron chi connectivity index (χ2n) is 5.97. The highest BCUT2D eigenvalue weighted by Crippen LogP contribution is 2.38. The van der Waals surface area contributed by atoms with Crippen LogP contribution in [-0.4, -0.2) is 11.0 Å². The summed E-state index contributed by atoms with van der Waals surface area (Å²) in [5.41, 5.74) is 2.84. The zero-order valence-corrected chi connectivity index (χ0v) is 13.2. The molecule has 0 bridgehead atoms. The van der Waals surface area contributed by atoms with Gasteiger partial charge >= 0.3 is 0 Å². The molecule has 1 heterocycles. The van der Waals surface area contributed by atoms with E-state index in [1.165, 1.54) is 33.9 Å². The Morgan fingerprint density at radius 1 is 1.20 bits per heavy atom. The van der Waals surface area contributed by atoms with Crippen LogP contribution in [0.2, 0.25) is 0 Å². The summed E-state index contributed by atoms with van der Waals surface area (Å²) in [6.45, 7) is 6.48. The predicted molar refractivity (Wildman–Crippen MR) is 85.3 cm³/mol. The SMILES string of the molecule is Cc1ccc(C2CC(NC(C)c3ncc(C)s3)C2)cc1. The topological polar surface area (TPSA) is 24.9 Å². The summed E-state index contributed by atoms with van der Waals surface area (Å²) in [4.78, 5) is 5.76. The number of nitrogens with one attached hydrogen (secondary N) is 1. The van der Waals surface area contributed by atoms with Gasteiger partial charge in [0.15, 0.2) is 0 Å². The highest BCUT2D eigenvalue weighted by molar-refractivity contribution is 7.11. The van der Waals surface area contributed by atoms with Crippen LogP contribution in [0.25, 0.3) is 0 Å². The zero-order valence-electron chi connectivity index (χ0n) is 12.4. The molecular formula is C17H22N2S. The van der Waals surface area contributed by atoms with Crippen molar-refractivity contribution in [1.82, 2.24) is 10.3 Å². The van der Waals surface area contributed by atoms with E-state index >= 15 is 0 Å². The van der Waals surface area contributed by atoms with Gasteiger partial charge in [-0.2, -0.15) is 0 Å². The summed E-state index contributed by atoms with van der Waals surface area (Å²) < 4.78 is 0. The molecule has 1 aliphatic rings. The maximum absolute atomic E-state index is 4.47. The molecule has 0 radical (unpaired) electrons. The molecule has 3 heteroatoms. The van der Waals surface area contributed by atoms with Crippen LogP contribution in [-0.2, 0) is 0 Å². The van der Waals surface area contributed by atoms with Crippen LogP contribution in [0.4, 0.5) is 0 Å². The van der Waals surface area contributed by atoms with Gasteiger partial charge in [0.2, 0.25) is 0 Å². The molecule has 106 valence electrons. The van der Waals surface area contributed by atoms with E-state index in [0.717, 1.165) is 5.92 Å². The van der Waals surface area contributed by atoms with Crippen molar-refractivity contribution in [1.29, 1.82) is 0 Å². The minimum Gasteiger partial charge on any atom is -0.305 e. The Kier molecular flexibility index (Phi) is 3.90. The first-order chi connectivity index (χ1) is 9.61. The summed E-state index contributed by atoms with van der Waals surface area (Å²) in [6.07, 6.45) is 4.46. The highest BCUT2D eigenvalue weighted by Gasteiger charge is 2.31. The summed E-state index contributed by atoms with van der Waals surface area (Å²) in [6, 6.07) is 10.0. The molecule has 2 nitrogen and oxygen atoms in total. The molecule has 1 atom stereocenters. The lowest BCUT2D eigenvalue weighted by molar-refractivity contribution is 0.270. The Morgan fingerprint density at radius 3 is 2.50 bits per heavy atom. The number of thiazole rings is 1. The van der Waals surface area contributed by atoms with Crippen LogP contribution in [0, 0.1) is 13.8 Å². The molecule has 1 fully saturated rings. The third-order valence-corrected chi connectivity index (χ3v) is 5.28. The largest absolute Gasteiger partial charge is 0.305 e. The van der Waals surface area contributed by atoms with Crippen molar-refractivity contribution < 1.29 is 0 Å². The van der Waals surface area contributed by atoms with Crippen LogP contribution >= 0.6 is 11.3 Å². The molecule has 20 heavy (non-hydrogen) atoms. The number of hydrogen-bond acceptors (Lipinski definition) is 3. The van der Waals surface area contributed by atoms with Gasteiger partial charge in [0, 0.05) is 17.1 Å². The van der Waals surface area contributed by atoms with Crippen molar-refractivity contribution in [2.45, 2.75) is 51.6 Å². The molecule has 1 aromatic heterocycles. The summed E-state index contributed by atoms with van der Waals surface area (Å²) >= 11 is 1.80. The molecule has 0 saturated heterocycles. The second-order valence-corrected chi connectivity index (χ2v) is 7.24. The summed E-state index contributed by atoms with van der Waals surface area (Å²) in [5, 5.41) is 4.91. The molecule has 3 rings (SSSR count). The van der Waals surface area contributed by atoms with E-state index in [1.807, 2.05) is 6.20 Å². The Hall–Kier alpha value is -1.19. The average molecular weight is 286 g/mol. The Bertz CT molecular complexity index is 567. The Morgan fingerprint density at radius 2 is 1.90 bits per heavy atom. The van der Waals surface area contributed by atoms with E-state index in [4.69, 9.17) is 0 Å². The first kappa shape index (κ1) is 13.8. The van der Waals surface area contributed by atoms with Crippen molar-refractivity contribution in [3.05, 3.63) is 51.5 Å². The highest BCUT2D eigenvalue weighted by atomic mass is 32.1. The molecule has 1 unspecified atom stereocenters. The van der Waals surface area contributed by atoms with Gasteiger partial charge in [-0.25, -0.2) is 4.98 Å². The Balaban J connectivity index is 1.52. The quantitative estimate of drug-likeness (QED) is 0.903. The molecule has 2 aromatic rings. The summed E-state index contributed by atoms with van der Waals surface area (Å²) in [5.74, 6) is 0.735. The molecule has 0 aliphatic heterocycles. The molecular weight excluding hydrogens is 264 g/mol. The van der Waals surface area contributed by atoms with Crippen molar-refractivity contribution >= 4 is 11.3 Å². The van der Waals surface area contributed by atoms with E-state index in [2.05, 4.69) is 55.3 Å². The van der Waals surface area contributed by atoms with Gasteiger partial charge in [-0.1, -0.05) is 29.8 Å². The third-order valence-electron chi connectivity index (χ3n) is 4.18. The number of aromatic nitrogens is 1. The fraction of sp³-hybridized carbons (Fsp3) is 0.471. The maximum atomic E-state index is 4.47. The second kappa shape index (κ2) is 5.66. The lowest BCUT2D eigenvalue weighted by Crippen LogP contribution is -2.41. The number of hydrogen-bond donors (Lipinski definition) is 1. The summed E-state index contributed by atoms with van der Waals surface area (Å²) in [7, 11) is 0. The fourth-order valence-electron chi connectivity index (χ4n) is 2.86. The third kappa shape index (κ3) is 2.94. The number of nitrogens with zero attached hydrogens (tertiary/aromatic N) is 1. The molecule has 1 saturated carbocycles. The molecule has 0 spiro atoms. The van der Waals surface area contributed by atoms with E-state index in [9.17, 15) is 0 Å². The van der Waals surface area contributed by atoms with Crippen molar-refractivity contribution in [3.8, 4) is 0 Å². The molecule has 1 aromatic carbocycles. The van der Waals surface area contributed by atoms with Gasteiger partial charge in [-0.05, 0) is 45.1 Å². The van der Waals surface area contributed by atoms with E-state index in [-0.39, 0.29) is 0 Å². The lowest BCUT2D eigenvalue weighted by atomic mass is 9.75. The van der Waals surface area contributed by atoms with Crippen LogP contribution in [0.3, 0.4) is 0 Å². The first-order valence-corrected chi connectivity index (χ1v) is 8.18. The first-order valence-electron chi connectivity index (χ1n) is 7.37. The van der Waals surface area contributed by atoms with Gasteiger partial charge in [-0.15, -0.1) is 11.3 Å². The zero-order chi connectivity index (χ0) is 14.1. The molecule has 0 amide bonds. The minimum absolute atomic E-state index is 0.373. The normalized spacial score (nSPS) is 23.4. The van der Waals surface area contributed by atoms with E-state index in [0.29, 0.717) is 12.1 Å². The van der Waals surface area contributed by atoms with Crippen LogP contribution in [0.15, 0.2) is 30.5 Å². The van der Waals surface area contributed by atoms with Crippen molar-refractivity contribution in [3.63, 3.8) is 0 Å². The monoisotopic (exact) mass is 286 g/mol. The van der Waals surface area contributed by atoms with Crippen LogP contribution in [0.5, 0.6) is 0 Å². The van der Waals surface area contributed by atoms with Gasteiger partial charge < -0.3 is 5.32 Å². The Labute approximate surface area is 125 Å². The van der Waals surface area contributed by atoms with Gasteiger partial charge in [0.05, 0.1) is 6.04 Å². The van der Waals surface area contributed by atoms with Gasteiger partial charge in [0.1, 0.15) is 5.01 Å². The molecule has 1 aliphatic carbocycles. The van der Waals surface area contributed by atoms with Crippen LogP contribution < -0.4 is 5.32 Å². The smallest absolute Gasteiger partial charge is 0.109 e. The number of aryl methyl sites for hydroxylation is 2. The predicted octanol–water partition coefficient (Wildman–Crippen LogP) is 4.36. The average Bonchev–Trinajstić information content (AvgIpc) is 2.81. The fourth-order valence-corrected chi connectivity index (χ4v) is 3.65. The lowest BCUT2D eigenvalue weighted by Gasteiger charge is -2.38. The van der Waals surface area contributed by atoms with Crippen molar-refractivity contribution in [2.75, 3.05) is 0 Å². The van der Waals surface area contributed by atoms with E-state index in [1.54, 1.807) is 11.3 Å². The van der Waals surface area contributed by atoms with Gasteiger partial charge in [-0.3, -0.25) is 0 Å². The minimum atomic E-state index is 0.373. The molecule has 1 N–H and O–H groups in total. The maximum Gasteiger partial charge on any atom is 0.109 e. The number of rotatable bonds is 4.